The van der Waals surface area contributed by atoms with Crippen molar-refractivity contribution >= 4 is 5.69 Å². The molecule has 2 aromatic rings. The Morgan fingerprint density at radius 2 is 1.95 bits per heavy atom. The van der Waals surface area contributed by atoms with Crippen molar-refractivity contribution in [3.8, 4) is 17.2 Å². The van der Waals surface area contributed by atoms with Crippen molar-refractivity contribution in [3.63, 3.8) is 0 Å². The molecular weight excluding hydrogens is 242 g/mol. The predicted octanol–water partition coefficient (Wildman–Crippen LogP) is 3.04. The van der Waals surface area contributed by atoms with Crippen LogP contribution >= 0.6 is 0 Å². The average Bonchev–Trinajstić information content (AvgIpc) is 2.93. The van der Waals surface area contributed by atoms with E-state index in [1.807, 2.05) is 42.5 Å². The Morgan fingerprint density at radius 1 is 1.11 bits per heavy atom. The summed E-state index contributed by atoms with van der Waals surface area (Å²) in [4.78, 5) is 0. The molecule has 0 saturated heterocycles. The number of anilines is 1. The van der Waals surface area contributed by atoms with Crippen LogP contribution in [0.4, 0.5) is 5.69 Å². The number of rotatable bonds is 4. The van der Waals surface area contributed by atoms with Crippen molar-refractivity contribution in [2.24, 2.45) is 0 Å². The highest BCUT2D eigenvalue weighted by Crippen LogP contribution is 2.33. The number of methoxy groups -OCH3 is 1. The van der Waals surface area contributed by atoms with Crippen LogP contribution in [0.5, 0.6) is 17.2 Å². The van der Waals surface area contributed by atoms with E-state index in [0.29, 0.717) is 13.3 Å². The lowest BCUT2D eigenvalue weighted by molar-refractivity contribution is 0.174. The first-order valence-electron chi connectivity index (χ1n) is 6.12. The zero-order chi connectivity index (χ0) is 13.1. The van der Waals surface area contributed by atoms with E-state index in [2.05, 4.69) is 5.32 Å². The summed E-state index contributed by atoms with van der Waals surface area (Å²) in [5.41, 5.74) is 2.11. The van der Waals surface area contributed by atoms with E-state index in [1.165, 1.54) is 0 Å². The number of para-hydroxylation sites is 2. The van der Waals surface area contributed by atoms with E-state index in [-0.39, 0.29) is 0 Å². The molecule has 2 aromatic carbocycles. The van der Waals surface area contributed by atoms with E-state index in [4.69, 9.17) is 14.2 Å². The third-order valence-electron chi connectivity index (χ3n) is 3.03. The standard InChI is InChI=1S/C15H15NO3/c1-17-13-5-3-2-4-12(13)16-9-11-6-7-14-15(8-11)19-10-18-14/h2-8,16H,9-10H2,1H3. The lowest BCUT2D eigenvalue weighted by Crippen LogP contribution is -2.01. The van der Waals surface area contributed by atoms with Crippen LogP contribution in [0.15, 0.2) is 42.5 Å². The lowest BCUT2D eigenvalue weighted by atomic mass is 10.2. The number of hydrogen-bond donors (Lipinski definition) is 1. The Bertz CT molecular complexity index is 583. The van der Waals surface area contributed by atoms with Crippen LogP contribution in [0.3, 0.4) is 0 Å². The van der Waals surface area contributed by atoms with Gasteiger partial charge in [0.15, 0.2) is 11.5 Å². The summed E-state index contributed by atoms with van der Waals surface area (Å²) in [6.07, 6.45) is 0. The number of benzene rings is 2. The molecule has 0 radical (unpaired) electrons. The normalized spacial score (nSPS) is 12.3. The zero-order valence-electron chi connectivity index (χ0n) is 10.7. The predicted molar refractivity (Wildman–Crippen MR) is 72.9 cm³/mol. The van der Waals surface area contributed by atoms with Crippen LogP contribution in [-0.2, 0) is 6.54 Å². The van der Waals surface area contributed by atoms with Crippen molar-refractivity contribution in [3.05, 3.63) is 48.0 Å². The average molecular weight is 257 g/mol. The summed E-state index contributed by atoms with van der Waals surface area (Å²) in [6.45, 7) is 1.01. The third-order valence-corrected chi connectivity index (χ3v) is 3.03. The van der Waals surface area contributed by atoms with Crippen molar-refractivity contribution in [1.29, 1.82) is 0 Å². The van der Waals surface area contributed by atoms with Gasteiger partial charge < -0.3 is 19.5 Å². The molecule has 0 bridgehead atoms. The summed E-state index contributed by atoms with van der Waals surface area (Å²) < 4.78 is 16.0. The summed E-state index contributed by atoms with van der Waals surface area (Å²) in [7, 11) is 1.67. The van der Waals surface area contributed by atoms with Gasteiger partial charge in [0.25, 0.3) is 0 Å². The van der Waals surface area contributed by atoms with E-state index in [1.54, 1.807) is 7.11 Å². The maximum Gasteiger partial charge on any atom is 0.231 e. The van der Waals surface area contributed by atoms with E-state index >= 15 is 0 Å². The van der Waals surface area contributed by atoms with Gasteiger partial charge in [-0.2, -0.15) is 0 Å². The second-order valence-corrected chi connectivity index (χ2v) is 4.24. The first-order chi connectivity index (χ1) is 9.36. The summed E-state index contributed by atoms with van der Waals surface area (Å²) in [6, 6.07) is 13.8. The molecule has 0 saturated carbocycles. The minimum absolute atomic E-state index is 0.304. The SMILES string of the molecule is COc1ccccc1NCc1ccc2c(c1)OCO2. The van der Waals surface area contributed by atoms with Crippen LogP contribution in [0.2, 0.25) is 0 Å². The fraction of sp³-hybridized carbons (Fsp3) is 0.200. The van der Waals surface area contributed by atoms with Gasteiger partial charge in [0.2, 0.25) is 6.79 Å². The highest BCUT2D eigenvalue weighted by Gasteiger charge is 2.13. The Morgan fingerprint density at radius 3 is 2.84 bits per heavy atom. The monoisotopic (exact) mass is 257 g/mol. The molecular formula is C15H15NO3. The maximum atomic E-state index is 5.36. The van der Waals surface area contributed by atoms with Gasteiger partial charge in [0.1, 0.15) is 5.75 Å². The molecule has 3 rings (SSSR count). The van der Waals surface area contributed by atoms with Gasteiger partial charge >= 0.3 is 0 Å². The minimum Gasteiger partial charge on any atom is -0.495 e. The molecule has 0 aromatic heterocycles. The number of nitrogens with one attached hydrogen (secondary N) is 1. The second-order valence-electron chi connectivity index (χ2n) is 4.24. The van der Waals surface area contributed by atoms with Crippen LogP contribution in [-0.4, -0.2) is 13.9 Å². The third kappa shape index (κ3) is 2.42. The first kappa shape index (κ1) is 11.7. The minimum atomic E-state index is 0.304. The van der Waals surface area contributed by atoms with E-state index in [9.17, 15) is 0 Å². The molecule has 0 fully saturated rings. The molecule has 0 unspecified atom stereocenters. The van der Waals surface area contributed by atoms with Crippen molar-refractivity contribution in [2.45, 2.75) is 6.54 Å². The van der Waals surface area contributed by atoms with Crippen LogP contribution < -0.4 is 19.5 Å². The van der Waals surface area contributed by atoms with Gasteiger partial charge in [0, 0.05) is 6.54 Å². The highest BCUT2D eigenvalue weighted by atomic mass is 16.7. The Labute approximate surface area is 111 Å². The maximum absolute atomic E-state index is 5.36. The van der Waals surface area contributed by atoms with Gasteiger partial charge in [0.05, 0.1) is 12.8 Å². The van der Waals surface area contributed by atoms with Gasteiger partial charge in [-0.1, -0.05) is 18.2 Å². The fourth-order valence-electron chi connectivity index (χ4n) is 2.04. The Balaban J connectivity index is 1.72. The molecule has 4 heteroatoms. The zero-order valence-corrected chi connectivity index (χ0v) is 10.7. The second kappa shape index (κ2) is 5.10. The number of hydrogen-bond acceptors (Lipinski definition) is 4. The lowest BCUT2D eigenvalue weighted by Gasteiger charge is -2.11. The molecule has 19 heavy (non-hydrogen) atoms. The van der Waals surface area contributed by atoms with Crippen molar-refractivity contribution < 1.29 is 14.2 Å². The molecule has 0 aliphatic carbocycles. The topological polar surface area (TPSA) is 39.7 Å². The molecule has 4 nitrogen and oxygen atoms in total. The number of fused-ring (bicyclic) bond motifs is 1. The van der Waals surface area contributed by atoms with Crippen LogP contribution in [0, 0.1) is 0 Å². The van der Waals surface area contributed by atoms with Crippen LogP contribution in [0.25, 0.3) is 0 Å². The van der Waals surface area contributed by atoms with Gasteiger partial charge in [-0.15, -0.1) is 0 Å². The molecule has 98 valence electrons. The Kier molecular flexibility index (Phi) is 3.14. The molecule has 0 amide bonds. The van der Waals surface area contributed by atoms with Crippen LogP contribution in [0.1, 0.15) is 5.56 Å². The fourth-order valence-corrected chi connectivity index (χ4v) is 2.04. The summed E-state index contributed by atoms with van der Waals surface area (Å²) in [5, 5.41) is 3.35. The van der Waals surface area contributed by atoms with Crippen molar-refractivity contribution in [1.82, 2.24) is 0 Å². The van der Waals surface area contributed by atoms with Gasteiger partial charge in [-0.25, -0.2) is 0 Å². The smallest absolute Gasteiger partial charge is 0.231 e. The highest BCUT2D eigenvalue weighted by molar-refractivity contribution is 5.56. The van der Waals surface area contributed by atoms with Gasteiger partial charge in [-0.3, -0.25) is 0 Å². The Hall–Kier alpha value is -2.36. The molecule has 1 heterocycles. The van der Waals surface area contributed by atoms with Gasteiger partial charge in [-0.05, 0) is 29.8 Å². The van der Waals surface area contributed by atoms with E-state index < -0.39 is 0 Å². The number of ether oxygens (including phenoxy) is 3. The molecule has 0 atom stereocenters. The quantitative estimate of drug-likeness (QED) is 0.913. The molecule has 1 N–H and O–H groups in total. The van der Waals surface area contributed by atoms with E-state index in [0.717, 1.165) is 28.5 Å². The molecule has 1 aliphatic rings. The largest absolute Gasteiger partial charge is 0.495 e. The first-order valence-corrected chi connectivity index (χ1v) is 6.12. The molecule has 0 spiro atoms. The molecule has 1 aliphatic heterocycles. The van der Waals surface area contributed by atoms with Crippen molar-refractivity contribution in [2.75, 3.05) is 19.2 Å². The summed E-state index contributed by atoms with van der Waals surface area (Å²) >= 11 is 0. The summed E-state index contributed by atoms with van der Waals surface area (Å²) in [5.74, 6) is 2.45.